The summed E-state index contributed by atoms with van der Waals surface area (Å²) in [6, 6.07) is 11.8. The summed E-state index contributed by atoms with van der Waals surface area (Å²) in [6.45, 7) is 2.39. The first kappa shape index (κ1) is 24.1. The minimum Gasteiger partial charge on any atom is -0.312 e. The van der Waals surface area contributed by atoms with Crippen molar-refractivity contribution < 1.29 is 14.5 Å². The van der Waals surface area contributed by atoms with Crippen molar-refractivity contribution in [1.29, 1.82) is 0 Å². The highest BCUT2D eigenvalue weighted by molar-refractivity contribution is 7.99. The summed E-state index contributed by atoms with van der Waals surface area (Å²) in [5.41, 5.74) is 2.63. The van der Waals surface area contributed by atoms with Gasteiger partial charge in [0.1, 0.15) is 5.01 Å². The number of rotatable bonds is 8. The molecule has 0 radical (unpaired) electrons. The largest absolute Gasteiger partial charge is 0.312 e. The molecule has 0 spiro atoms. The highest BCUT2D eigenvalue weighted by Crippen LogP contribution is 2.35. The molecule has 9 nitrogen and oxygen atoms in total. The number of nitro benzene ring substituents is 1. The highest BCUT2D eigenvalue weighted by Gasteiger charge is 2.34. The van der Waals surface area contributed by atoms with Crippen LogP contribution in [0, 0.1) is 17.0 Å². The second-order valence-electron chi connectivity index (χ2n) is 7.75. The zero-order valence-corrected chi connectivity index (χ0v) is 20.5. The molecule has 0 aliphatic carbocycles. The molecule has 12 heteroatoms. The molecule has 2 heterocycles. The molecule has 1 aromatic heterocycles. The van der Waals surface area contributed by atoms with Crippen molar-refractivity contribution in [2.75, 3.05) is 22.5 Å². The standard InChI is InChI=1S/C22H20ClN5O4S2/c1-13-2-5-17(9-18(13)23)27-10-15(8-20(27)30)21-25-26-22(34-21)24-19(29)12-33-11-14-3-6-16(7-4-14)28(31)32/h2-7,9,15H,8,10-12H2,1H3,(H,24,26,29). The van der Waals surface area contributed by atoms with E-state index in [1.165, 1.54) is 35.2 Å². The maximum atomic E-state index is 12.6. The Balaban J connectivity index is 1.28. The third-order valence-electron chi connectivity index (χ3n) is 5.28. The number of carbonyl (C=O) groups is 2. The Morgan fingerprint density at radius 3 is 2.76 bits per heavy atom. The van der Waals surface area contributed by atoms with Crippen LogP contribution >= 0.6 is 34.7 Å². The number of amides is 2. The van der Waals surface area contributed by atoms with Crippen LogP contribution in [0.5, 0.6) is 0 Å². The van der Waals surface area contributed by atoms with Crippen LogP contribution in [0.3, 0.4) is 0 Å². The van der Waals surface area contributed by atoms with E-state index < -0.39 is 4.92 Å². The number of benzene rings is 2. The first-order chi connectivity index (χ1) is 16.3. The molecule has 1 aliphatic heterocycles. The Bertz CT molecular complexity index is 1230. The van der Waals surface area contributed by atoms with Crippen molar-refractivity contribution in [2.24, 2.45) is 0 Å². The second-order valence-corrected chi connectivity index (χ2v) is 10.2. The van der Waals surface area contributed by atoms with Gasteiger partial charge >= 0.3 is 0 Å². The van der Waals surface area contributed by atoms with Crippen molar-refractivity contribution >= 4 is 63.0 Å². The van der Waals surface area contributed by atoms with E-state index in [0.29, 0.717) is 33.9 Å². The van der Waals surface area contributed by atoms with Crippen molar-refractivity contribution in [3.8, 4) is 0 Å². The lowest BCUT2D eigenvalue weighted by Gasteiger charge is -2.17. The van der Waals surface area contributed by atoms with Crippen molar-refractivity contribution in [3.63, 3.8) is 0 Å². The van der Waals surface area contributed by atoms with Crippen molar-refractivity contribution in [3.05, 3.63) is 73.7 Å². The molecule has 4 rings (SSSR count). The number of thioether (sulfide) groups is 1. The molecule has 1 unspecified atom stereocenters. The number of anilines is 2. The number of nitrogens with zero attached hydrogens (tertiary/aromatic N) is 4. The van der Waals surface area contributed by atoms with E-state index in [1.807, 2.05) is 19.1 Å². The summed E-state index contributed by atoms with van der Waals surface area (Å²) in [7, 11) is 0. The first-order valence-electron chi connectivity index (χ1n) is 10.3. The zero-order chi connectivity index (χ0) is 24.2. The molecule has 3 aromatic rings. The maximum absolute atomic E-state index is 12.6. The van der Waals surface area contributed by atoms with Gasteiger partial charge in [-0.15, -0.1) is 22.0 Å². The van der Waals surface area contributed by atoms with Gasteiger partial charge in [0.05, 0.1) is 10.7 Å². The van der Waals surface area contributed by atoms with Crippen molar-refractivity contribution in [2.45, 2.75) is 25.0 Å². The van der Waals surface area contributed by atoms with Gasteiger partial charge in [-0.05, 0) is 30.2 Å². The van der Waals surface area contributed by atoms with E-state index in [9.17, 15) is 19.7 Å². The molecule has 1 atom stereocenters. The number of aromatic nitrogens is 2. The van der Waals surface area contributed by atoms with Crippen LogP contribution in [-0.2, 0) is 15.3 Å². The van der Waals surface area contributed by atoms with Crippen LogP contribution in [0.15, 0.2) is 42.5 Å². The molecule has 176 valence electrons. The summed E-state index contributed by atoms with van der Waals surface area (Å²) < 4.78 is 0. The fourth-order valence-corrected chi connectivity index (χ4v) is 5.27. The topological polar surface area (TPSA) is 118 Å². The maximum Gasteiger partial charge on any atom is 0.269 e. The number of hydrogen-bond donors (Lipinski definition) is 1. The van der Waals surface area contributed by atoms with Crippen LogP contribution in [-0.4, -0.2) is 39.2 Å². The first-order valence-corrected chi connectivity index (χ1v) is 12.7. The molecule has 1 saturated heterocycles. The lowest BCUT2D eigenvalue weighted by Crippen LogP contribution is -2.24. The summed E-state index contributed by atoms with van der Waals surface area (Å²) in [4.78, 5) is 36.8. The molecule has 1 fully saturated rings. The average molecular weight is 518 g/mol. The molecule has 0 bridgehead atoms. The number of nitrogens with one attached hydrogen (secondary N) is 1. The van der Waals surface area contributed by atoms with Gasteiger partial charge in [-0.3, -0.25) is 25.0 Å². The van der Waals surface area contributed by atoms with Gasteiger partial charge in [-0.25, -0.2) is 0 Å². The van der Waals surface area contributed by atoms with Crippen LogP contribution in [0.25, 0.3) is 0 Å². The summed E-state index contributed by atoms with van der Waals surface area (Å²) in [6.07, 6.45) is 0.319. The molecular formula is C22H20ClN5O4S2. The van der Waals surface area contributed by atoms with Gasteiger partial charge in [-0.1, -0.05) is 41.1 Å². The monoisotopic (exact) mass is 517 g/mol. The van der Waals surface area contributed by atoms with E-state index >= 15 is 0 Å². The van der Waals surface area contributed by atoms with Gasteiger partial charge in [0.15, 0.2) is 0 Å². The van der Waals surface area contributed by atoms with Crippen LogP contribution < -0.4 is 10.2 Å². The van der Waals surface area contributed by atoms with Crippen LogP contribution in [0.2, 0.25) is 5.02 Å². The highest BCUT2D eigenvalue weighted by atomic mass is 35.5. The molecule has 0 saturated carbocycles. The van der Waals surface area contributed by atoms with E-state index in [0.717, 1.165) is 16.8 Å². The van der Waals surface area contributed by atoms with Gasteiger partial charge in [0.25, 0.3) is 5.69 Å². The second kappa shape index (κ2) is 10.5. The third-order valence-corrected chi connectivity index (χ3v) is 7.69. The molecular weight excluding hydrogens is 498 g/mol. The van der Waals surface area contributed by atoms with Gasteiger partial charge in [0.2, 0.25) is 16.9 Å². The Morgan fingerprint density at radius 1 is 1.29 bits per heavy atom. The molecule has 1 N–H and O–H groups in total. The van der Waals surface area contributed by atoms with Gasteiger partial charge in [0, 0.05) is 47.5 Å². The summed E-state index contributed by atoms with van der Waals surface area (Å²) >= 11 is 8.87. The lowest BCUT2D eigenvalue weighted by molar-refractivity contribution is -0.384. The third kappa shape index (κ3) is 5.72. The van der Waals surface area contributed by atoms with E-state index in [4.69, 9.17) is 11.6 Å². The quantitative estimate of drug-likeness (QED) is 0.336. The molecule has 2 aromatic carbocycles. The average Bonchev–Trinajstić information content (AvgIpc) is 3.42. The van der Waals surface area contributed by atoms with Gasteiger partial charge < -0.3 is 4.90 Å². The Labute approximate surface area is 208 Å². The van der Waals surface area contributed by atoms with E-state index in [1.54, 1.807) is 23.1 Å². The van der Waals surface area contributed by atoms with Gasteiger partial charge in [-0.2, -0.15) is 0 Å². The Morgan fingerprint density at radius 2 is 2.06 bits per heavy atom. The molecule has 34 heavy (non-hydrogen) atoms. The fraction of sp³-hybridized carbons (Fsp3) is 0.273. The predicted molar refractivity (Wildman–Crippen MR) is 134 cm³/mol. The minimum absolute atomic E-state index is 0.00616. The number of halogens is 1. The Kier molecular flexibility index (Phi) is 7.44. The minimum atomic E-state index is -0.447. The molecule has 2 amide bonds. The number of aryl methyl sites for hydroxylation is 1. The van der Waals surface area contributed by atoms with Crippen LogP contribution in [0.4, 0.5) is 16.5 Å². The predicted octanol–water partition coefficient (Wildman–Crippen LogP) is 4.80. The normalized spacial score (nSPS) is 15.5. The lowest BCUT2D eigenvalue weighted by atomic mass is 10.1. The molecule has 1 aliphatic rings. The number of carbonyl (C=O) groups excluding carboxylic acids is 2. The van der Waals surface area contributed by atoms with Crippen molar-refractivity contribution in [1.82, 2.24) is 10.2 Å². The summed E-state index contributed by atoms with van der Waals surface area (Å²) in [5, 5.41) is 23.4. The number of hydrogen-bond acceptors (Lipinski definition) is 8. The number of non-ortho nitro benzene ring substituents is 1. The number of nitro groups is 1. The Hall–Kier alpha value is -3.02. The fourth-order valence-electron chi connectivity index (χ4n) is 3.45. The van der Waals surface area contributed by atoms with Crippen LogP contribution in [0.1, 0.15) is 28.5 Å². The zero-order valence-electron chi connectivity index (χ0n) is 18.1. The van der Waals surface area contributed by atoms with E-state index in [-0.39, 0.29) is 29.2 Å². The van der Waals surface area contributed by atoms with E-state index in [2.05, 4.69) is 15.5 Å². The SMILES string of the molecule is Cc1ccc(N2CC(c3nnc(NC(=O)CSCc4ccc([N+](=O)[O-])cc4)s3)CC2=O)cc1Cl. The summed E-state index contributed by atoms with van der Waals surface area (Å²) in [5.74, 6) is 0.430. The smallest absolute Gasteiger partial charge is 0.269 e.